The van der Waals surface area contributed by atoms with Crippen molar-refractivity contribution in [3.63, 3.8) is 0 Å². The number of halogens is 1. The van der Waals surface area contributed by atoms with Crippen LogP contribution in [0.15, 0.2) is 12.4 Å². The fraction of sp³-hybridized carbons (Fsp3) is 0.895. The average Bonchev–Trinajstić information content (AvgIpc) is 2.93. The van der Waals surface area contributed by atoms with Crippen molar-refractivity contribution in [2.24, 2.45) is 0 Å². The summed E-state index contributed by atoms with van der Waals surface area (Å²) in [6.07, 6.45) is 24.0. The van der Waals surface area contributed by atoms with E-state index >= 15 is 0 Å². The second-order valence-corrected chi connectivity index (χ2v) is 7.18. The van der Waals surface area contributed by atoms with Crippen molar-refractivity contribution in [3.8, 4) is 0 Å². The molecule has 0 fully saturated rings. The van der Waals surface area contributed by atoms with Crippen LogP contribution in [0.4, 0.5) is 0 Å². The van der Waals surface area contributed by atoms with E-state index in [2.05, 4.69) is 18.0 Å². The summed E-state index contributed by atoms with van der Waals surface area (Å²) < 4.78 is 1.71. The molecule has 0 atom stereocenters. The van der Waals surface area contributed by atoms with Crippen LogP contribution in [0, 0.1) is 0 Å². The van der Waals surface area contributed by atoms with Crippen molar-refractivity contribution in [3.05, 3.63) is 12.4 Å². The second kappa shape index (κ2) is 14.2. The summed E-state index contributed by atoms with van der Waals surface area (Å²) in [7, 11) is 0. The second-order valence-electron chi connectivity index (χ2n) is 6.75. The molecule has 0 saturated carbocycles. The first kappa shape index (κ1) is 19.7. The quantitative estimate of drug-likeness (QED) is 0.245. The largest absolute Gasteiger partial charge is 0.357 e. The minimum atomic E-state index is 0.847. The van der Waals surface area contributed by atoms with Crippen molar-refractivity contribution in [1.82, 2.24) is 9.32 Å². The topological polar surface area (TPSA) is 6.48 Å². The molecule has 0 amide bonds. The lowest BCUT2D eigenvalue weighted by atomic mass is 10.0. The molecule has 0 aliphatic carbocycles. The Morgan fingerprint density at radius 3 is 1.55 bits per heavy atom. The Balaban J connectivity index is 1.69. The minimum Gasteiger partial charge on any atom is -0.357 e. The summed E-state index contributed by atoms with van der Waals surface area (Å²) in [6.45, 7) is 4.29. The van der Waals surface area contributed by atoms with E-state index in [1.807, 2.05) is 6.20 Å². The Hall–Kier alpha value is -0.370. The van der Waals surface area contributed by atoms with Gasteiger partial charge in [-0.2, -0.15) is 0 Å². The maximum Gasteiger partial charge on any atom is 0.105 e. The van der Waals surface area contributed by atoms with Gasteiger partial charge in [0.05, 0.1) is 0 Å². The predicted molar refractivity (Wildman–Crippen MR) is 98.7 cm³/mol. The van der Waals surface area contributed by atoms with Crippen LogP contribution < -0.4 is 0 Å². The Bertz CT molecular complexity index is 268. The molecule has 0 radical (unpaired) electrons. The van der Waals surface area contributed by atoms with Gasteiger partial charge >= 0.3 is 0 Å². The molecule has 0 unspecified atom stereocenters. The molecule has 0 bridgehead atoms. The first-order valence-electron chi connectivity index (χ1n) is 9.67. The zero-order valence-electron chi connectivity index (χ0n) is 14.7. The van der Waals surface area contributed by atoms with Gasteiger partial charge in [-0.25, -0.2) is 0 Å². The molecular formula is C19H37ClN2. The van der Waals surface area contributed by atoms with Crippen molar-refractivity contribution in [2.75, 3.05) is 13.2 Å². The molecule has 1 rings (SSSR count). The molecule has 1 aliphatic rings. The van der Waals surface area contributed by atoms with Gasteiger partial charge in [-0.3, -0.25) is 4.42 Å². The Morgan fingerprint density at radius 1 is 0.682 bits per heavy atom. The lowest BCUT2D eigenvalue weighted by Crippen LogP contribution is -2.20. The van der Waals surface area contributed by atoms with Gasteiger partial charge in [-0.1, -0.05) is 90.4 Å². The normalized spacial score (nSPS) is 14.3. The smallest absolute Gasteiger partial charge is 0.105 e. The molecule has 2 nitrogen and oxygen atoms in total. The fourth-order valence-electron chi connectivity index (χ4n) is 3.09. The van der Waals surface area contributed by atoms with Gasteiger partial charge in [0, 0.05) is 30.7 Å². The molecule has 0 aromatic rings. The highest BCUT2D eigenvalue weighted by Crippen LogP contribution is 2.14. The van der Waals surface area contributed by atoms with Crippen LogP contribution in [0.5, 0.6) is 0 Å². The van der Waals surface area contributed by atoms with Crippen LogP contribution in [0.1, 0.15) is 96.8 Å². The molecule has 0 aromatic heterocycles. The molecule has 22 heavy (non-hydrogen) atoms. The van der Waals surface area contributed by atoms with Gasteiger partial charge in [0.1, 0.15) is 6.67 Å². The molecule has 3 heteroatoms. The Kier molecular flexibility index (Phi) is 12.7. The highest BCUT2D eigenvalue weighted by Gasteiger charge is 2.08. The number of nitrogens with zero attached hydrogens (tertiary/aromatic N) is 2. The van der Waals surface area contributed by atoms with E-state index in [1.165, 1.54) is 89.9 Å². The van der Waals surface area contributed by atoms with E-state index in [9.17, 15) is 0 Å². The van der Waals surface area contributed by atoms with Gasteiger partial charge in [0.25, 0.3) is 0 Å². The number of rotatable bonds is 15. The van der Waals surface area contributed by atoms with Gasteiger partial charge in [0.2, 0.25) is 0 Å². The number of hydrogen-bond donors (Lipinski definition) is 0. The van der Waals surface area contributed by atoms with E-state index in [0.29, 0.717) is 0 Å². The van der Waals surface area contributed by atoms with E-state index in [1.54, 1.807) is 4.42 Å². The lowest BCUT2D eigenvalue weighted by Gasteiger charge is -2.16. The van der Waals surface area contributed by atoms with E-state index < -0.39 is 0 Å². The monoisotopic (exact) mass is 328 g/mol. The standard InChI is InChI=1S/C19H37ClN2/c1-2-3-4-5-6-7-8-9-10-11-12-13-14-15-16-21-17-18-22(20)19-21/h17-18H,2-16,19H2,1H3. The zero-order valence-corrected chi connectivity index (χ0v) is 15.5. The van der Waals surface area contributed by atoms with Crippen molar-refractivity contribution >= 4 is 11.8 Å². The molecule has 0 spiro atoms. The molecule has 1 aliphatic heterocycles. The maximum atomic E-state index is 5.88. The van der Waals surface area contributed by atoms with Crippen LogP contribution >= 0.6 is 11.8 Å². The maximum absolute atomic E-state index is 5.88. The summed E-state index contributed by atoms with van der Waals surface area (Å²) in [5, 5.41) is 0. The van der Waals surface area contributed by atoms with E-state index in [4.69, 9.17) is 11.8 Å². The van der Waals surface area contributed by atoms with E-state index in [-0.39, 0.29) is 0 Å². The summed E-state index contributed by atoms with van der Waals surface area (Å²) in [4.78, 5) is 2.29. The summed E-state index contributed by atoms with van der Waals surface area (Å²) in [6, 6.07) is 0. The highest BCUT2D eigenvalue weighted by atomic mass is 35.5. The molecule has 0 aromatic carbocycles. The van der Waals surface area contributed by atoms with E-state index in [0.717, 1.165) is 13.2 Å². The van der Waals surface area contributed by atoms with Crippen LogP contribution in [-0.2, 0) is 0 Å². The first-order valence-corrected chi connectivity index (χ1v) is 10.0. The average molecular weight is 329 g/mol. The lowest BCUT2D eigenvalue weighted by molar-refractivity contribution is 0.331. The minimum absolute atomic E-state index is 0.847. The van der Waals surface area contributed by atoms with Crippen molar-refractivity contribution in [1.29, 1.82) is 0 Å². The summed E-state index contributed by atoms with van der Waals surface area (Å²) >= 11 is 5.88. The fourth-order valence-corrected chi connectivity index (χ4v) is 3.28. The van der Waals surface area contributed by atoms with Gasteiger partial charge in [-0.15, -0.1) is 0 Å². The molecule has 0 saturated heterocycles. The molecule has 130 valence electrons. The summed E-state index contributed by atoms with van der Waals surface area (Å²) in [5.41, 5.74) is 0. The number of unbranched alkanes of at least 4 members (excludes halogenated alkanes) is 13. The van der Waals surface area contributed by atoms with Crippen LogP contribution in [0.3, 0.4) is 0 Å². The molecule has 0 N–H and O–H groups in total. The summed E-state index contributed by atoms with van der Waals surface area (Å²) in [5.74, 6) is 0. The van der Waals surface area contributed by atoms with Crippen molar-refractivity contribution < 1.29 is 0 Å². The first-order chi connectivity index (χ1) is 10.8. The van der Waals surface area contributed by atoms with Gasteiger partial charge in [-0.05, 0) is 6.42 Å². The third-order valence-electron chi connectivity index (χ3n) is 4.55. The molecule has 1 heterocycles. The van der Waals surface area contributed by atoms with Crippen LogP contribution in [-0.4, -0.2) is 22.5 Å². The van der Waals surface area contributed by atoms with Crippen molar-refractivity contribution in [2.45, 2.75) is 96.8 Å². The third kappa shape index (κ3) is 11.2. The van der Waals surface area contributed by atoms with Crippen LogP contribution in [0.25, 0.3) is 0 Å². The number of hydrogen-bond acceptors (Lipinski definition) is 2. The third-order valence-corrected chi connectivity index (χ3v) is 4.77. The predicted octanol–water partition coefficient (Wildman–Crippen LogP) is 6.67. The van der Waals surface area contributed by atoms with Crippen LogP contribution in [0.2, 0.25) is 0 Å². The molecular weight excluding hydrogens is 292 g/mol. The van der Waals surface area contributed by atoms with Gasteiger partial charge < -0.3 is 4.90 Å². The van der Waals surface area contributed by atoms with Gasteiger partial charge in [0.15, 0.2) is 0 Å². The SMILES string of the molecule is CCCCCCCCCCCCCCCCN1C=CN(Cl)C1. The zero-order chi connectivity index (χ0) is 15.9. The highest BCUT2D eigenvalue weighted by molar-refractivity contribution is 6.14. The Labute approximate surface area is 144 Å². The Morgan fingerprint density at radius 2 is 1.14 bits per heavy atom.